The molecule has 3 aromatic rings. The maximum atomic E-state index is 12.9. The van der Waals surface area contributed by atoms with Crippen molar-refractivity contribution < 1.29 is 14.3 Å². The van der Waals surface area contributed by atoms with Crippen molar-refractivity contribution in [3.8, 4) is 11.1 Å². The van der Waals surface area contributed by atoms with E-state index in [4.69, 9.17) is 4.74 Å². The lowest BCUT2D eigenvalue weighted by molar-refractivity contribution is 0.112. The van der Waals surface area contributed by atoms with Crippen LogP contribution in [0.3, 0.4) is 0 Å². The number of rotatable bonds is 3. The zero-order valence-electron chi connectivity index (χ0n) is 15.2. The van der Waals surface area contributed by atoms with Crippen molar-refractivity contribution in [1.82, 2.24) is 9.78 Å². The largest absolute Gasteiger partial charge is 0.448 e. The summed E-state index contributed by atoms with van der Waals surface area (Å²) in [4.78, 5) is 25.7. The summed E-state index contributed by atoms with van der Waals surface area (Å²) in [7, 11) is 0. The molecule has 0 saturated heterocycles. The normalized spacial score (nSPS) is 14.9. The van der Waals surface area contributed by atoms with E-state index in [0.29, 0.717) is 24.5 Å². The Hall–Kier alpha value is -3.41. The molecule has 6 heteroatoms. The minimum absolute atomic E-state index is 0.0107. The molecule has 0 radical (unpaired) electrons. The van der Waals surface area contributed by atoms with Crippen molar-refractivity contribution >= 4 is 18.2 Å². The molecule has 1 aliphatic carbocycles. The number of benzene rings is 2. The molecule has 0 N–H and O–H groups in total. The molecular weight excluding hydrogens is 354 g/mol. The molecule has 1 aromatic heterocycles. The van der Waals surface area contributed by atoms with Crippen LogP contribution < -0.4 is 4.90 Å². The maximum absolute atomic E-state index is 12.9. The summed E-state index contributed by atoms with van der Waals surface area (Å²) in [5.74, 6) is 0.537. The van der Waals surface area contributed by atoms with Gasteiger partial charge in [-0.2, -0.15) is 5.10 Å². The highest BCUT2D eigenvalue weighted by atomic mass is 16.6. The van der Waals surface area contributed by atoms with Gasteiger partial charge in [0.25, 0.3) is 0 Å². The molecular formula is C22H19N3O3. The van der Waals surface area contributed by atoms with Gasteiger partial charge in [-0.15, -0.1) is 0 Å². The Kier molecular flexibility index (Phi) is 3.97. The van der Waals surface area contributed by atoms with Crippen LogP contribution in [0.5, 0.6) is 0 Å². The number of aromatic nitrogens is 2. The Balaban J connectivity index is 1.40. The van der Waals surface area contributed by atoms with Gasteiger partial charge in [0.2, 0.25) is 0 Å². The van der Waals surface area contributed by atoms with Gasteiger partial charge < -0.3 is 4.74 Å². The zero-order valence-corrected chi connectivity index (χ0v) is 15.2. The molecule has 0 saturated carbocycles. The molecule has 6 nitrogen and oxygen atoms in total. The van der Waals surface area contributed by atoms with Gasteiger partial charge >= 0.3 is 6.09 Å². The van der Waals surface area contributed by atoms with Crippen LogP contribution in [0.2, 0.25) is 0 Å². The van der Waals surface area contributed by atoms with Crippen molar-refractivity contribution in [3.05, 3.63) is 71.4 Å². The molecule has 1 aliphatic heterocycles. The summed E-state index contributed by atoms with van der Waals surface area (Å²) in [6.07, 6.45) is 2.56. The van der Waals surface area contributed by atoms with E-state index < -0.39 is 6.09 Å². The third-order valence-electron chi connectivity index (χ3n) is 5.53. The van der Waals surface area contributed by atoms with Crippen LogP contribution >= 0.6 is 0 Å². The lowest BCUT2D eigenvalue weighted by Gasteiger charge is -2.28. The van der Waals surface area contributed by atoms with E-state index in [-0.39, 0.29) is 12.5 Å². The van der Waals surface area contributed by atoms with Crippen LogP contribution in [-0.4, -0.2) is 35.3 Å². The highest BCUT2D eigenvalue weighted by molar-refractivity contribution is 5.94. The second-order valence-corrected chi connectivity index (χ2v) is 7.07. The average Bonchev–Trinajstić information content (AvgIpc) is 3.31. The van der Waals surface area contributed by atoms with Gasteiger partial charge in [-0.25, -0.2) is 9.48 Å². The Morgan fingerprint density at radius 3 is 2.43 bits per heavy atom. The highest BCUT2D eigenvalue weighted by Crippen LogP contribution is 2.44. The molecule has 2 aliphatic rings. The molecule has 2 heterocycles. The monoisotopic (exact) mass is 373 g/mol. The Labute approximate surface area is 162 Å². The van der Waals surface area contributed by atoms with Gasteiger partial charge in [-0.3, -0.25) is 9.69 Å². The molecule has 140 valence electrons. The molecule has 0 atom stereocenters. The van der Waals surface area contributed by atoms with Crippen LogP contribution in [0.15, 0.2) is 54.7 Å². The van der Waals surface area contributed by atoms with Gasteiger partial charge in [-0.1, -0.05) is 48.5 Å². The summed E-state index contributed by atoms with van der Waals surface area (Å²) >= 11 is 0. The van der Waals surface area contributed by atoms with Gasteiger partial charge in [0.05, 0.1) is 11.8 Å². The van der Waals surface area contributed by atoms with E-state index in [1.165, 1.54) is 33.4 Å². The number of aryl methyl sites for hydroxylation is 1. The number of ether oxygens (including phenoxy) is 1. The van der Waals surface area contributed by atoms with E-state index in [2.05, 4.69) is 29.4 Å². The topological polar surface area (TPSA) is 64.4 Å². The standard InChI is InChI=1S/C22H19N3O3/c26-13-15-12-23-25-11-5-10-24(21(15)25)22(27)28-14-20-18-8-3-1-6-16(18)17-7-2-4-9-19(17)20/h1-4,6-9,12-13,20H,5,10-11,14H2. The summed E-state index contributed by atoms with van der Waals surface area (Å²) in [6, 6.07) is 16.5. The van der Waals surface area contributed by atoms with Crippen LogP contribution in [0.1, 0.15) is 33.8 Å². The Bertz CT molecular complexity index is 1030. The molecule has 1 amide bonds. The number of carbonyl (C=O) groups is 2. The zero-order chi connectivity index (χ0) is 19.1. The molecule has 0 unspecified atom stereocenters. The lowest BCUT2D eigenvalue weighted by atomic mass is 9.98. The molecule has 0 fully saturated rings. The fraction of sp³-hybridized carbons (Fsp3) is 0.227. The van der Waals surface area contributed by atoms with Gasteiger partial charge in [0.1, 0.15) is 12.4 Å². The fourth-order valence-corrected chi connectivity index (χ4v) is 4.27. The van der Waals surface area contributed by atoms with Crippen LogP contribution in [0, 0.1) is 0 Å². The summed E-state index contributed by atoms with van der Waals surface area (Å²) in [6.45, 7) is 1.47. The predicted molar refractivity (Wildman–Crippen MR) is 105 cm³/mol. The number of aldehydes is 1. The summed E-state index contributed by atoms with van der Waals surface area (Å²) in [5, 5.41) is 4.19. The number of carbonyl (C=O) groups excluding carboxylic acids is 2. The van der Waals surface area contributed by atoms with E-state index in [0.717, 1.165) is 12.7 Å². The SMILES string of the molecule is O=Cc1cnn2c1N(C(=O)OCC1c3ccccc3-c3ccccc31)CCC2. The first-order valence-corrected chi connectivity index (χ1v) is 9.41. The van der Waals surface area contributed by atoms with Crippen molar-refractivity contribution in [2.75, 3.05) is 18.1 Å². The molecule has 5 rings (SSSR count). The molecule has 0 spiro atoms. The second kappa shape index (κ2) is 6.64. The quantitative estimate of drug-likeness (QED) is 0.654. The average molecular weight is 373 g/mol. The first-order chi connectivity index (χ1) is 13.8. The smallest absolute Gasteiger partial charge is 0.415 e. The number of hydrogen-bond acceptors (Lipinski definition) is 4. The van der Waals surface area contributed by atoms with E-state index in [1.807, 2.05) is 24.3 Å². The highest BCUT2D eigenvalue weighted by Gasteiger charge is 2.32. The van der Waals surface area contributed by atoms with Crippen LogP contribution in [0.4, 0.5) is 10.6 Å². The minimum atomic E-state index is -0.439. The molecule has 2 aromatic carbocycles. The minimum Gasteiger partial charge on any atom is -0.448 e. The summed E-state index contributed by atoms with van der Waals surface area (Å²) in [5.41, 5.74) is 5.15. The number of amides is 1. The predicted octanol–water partition coefficient (Wildman–Crippen LogP) is 3.85. The Morgan fingerprint density at radius 1 is 1.07 bits per heavy atom. The van der Waals surface area contributed by atoms with E-state index >= 15 is 0 Å². The number of nitrogens with zero attached hydrogens (tertiary/aromatic N) is 3. The number of hydrogen-bond donors (Lipinski definition) is 0. The van der Waals surface area contributed by atoms with Crippen LogP contribution in [-0.2, 0) is 11.3 Å². The fourth-order valence-electron chi connectivity index (χ4n) is 4.27. The Morgan fingerprint density at radius 2 is 1.75 bits per heavy atom. The number of fused-ring (bicyclic) bond motifs is 4. The van der Waals surface area contributed by atoms with Crippen LogP contribution in [0.25, 0.3) is 11.1 Å². The van der Waals surface area contributed by atoms with Crippen molar-refractivity contribution in [2.24, 2.45) is 0 Å². The van der Waals surface area contributed by atoms with Crippen molar-refractivity contribution in [3.63, 3.8) is 0 Å². The van der Waals surface area contributed by atoms with E-state index in [1.54, 1.807) is 4.68 Å². The third kappa shape index (κ3) is 2.52. The van der Waals surface area contributed by atoms with Gasteiger partial charge in [0, 0.05) is 19.0 Å². The lowest BCUT2D eigenvalue weighted by Crippen LogP contribution is -2.39. The maximum Gasteiger partial charge on any atom is 0.415 e. The number of anilines is 1. The summed E-state index contributed by atoms with van der Waals surface area (Å²) < 4.78 is 7.42. The first-order valence-electron chi connectivity index (χ1n) is 9.41. The third-order valence-corrected chi connectivity index (χ3v) is 5.53. The van der Waals surface area contributed by atoms with E-state index in [9.17, 15) is 9.59 Å². The van der Waals surface area contributed by atoms with Crippen molar-refractivity contribution in [1.29, 1.82) is 0 Å². The second-order valence-electron chi connectivity index (χ2n) is 7.07. The van der Waals surface area contributed by atoms with Gasteiger partial charge in [-0.05, 0) is 28.7 Å². The first kappa shape index (κ1) is 16.7. The van der Waals surface area contributed by atoms with Crippen molar-refractivity contribution in [2.45, 2.75) is 18.9 Å². The molecule has 0 bridgehead atoms. The molecule has 28 heavy (non-hydrogen) atoms. The van der Waals surface area contributed by atoms with Gasteiger partial charge in [0.15, 0.2) is 6.29 Å².